The van der Waals surface area contributed by atoms with Crippen molar-refractivity contribution >= 4 is 23.0 Å². The van der Waals surface area contributed by atoms with Gasteiger partial charge in [-0.3, -0.25) is 0 Å². The lowest BCUT2D eigenvalue weighted by Gasteiger charge is -2.09. The van der Waals surface area contributed by atoms with E-state index in [2.05, 4.69) is 25.2 Å². The van der Waals surface area contributed by atoms with E-state index in [0.717, 1.165) is 5.56 Å². The Labute approximate surface area is 116 Å². The van der Waals surface area contributed by atoms with Gasteiger partial charge in [0.2, 0.25) is 0 Å². The predicted octanol–water partition coefficient (Wildman–Crippen LogP) is 3.98. The zero-order valence-electron chi connectivity index (χ0n) is 11.3. The summed E-state index contributed by atoms with van der Waals surface area (Å²) >= 11 is 1.74. The first-order valence-corrected chi connectivity index (χ1v) is 6.92. The second kappa shape index (κ2) is 5.45. The maximum atomic E-state index is 11.2. The molecule has 1 heterocycles. The molecule has 0 aliphatic rings. The molecule has 0 aliphatic heterocycles. The van der Waals surface area contributed by atoms with Crippen LogP contribution < -0.4 is 5.32 Å². The Bertz CT molecular complexity index is 597. The lowest BCUT2D eigenvalue weighted by molar-refractivity contribution is 0.0698. The van der Waals surface area contributed by atoms with Gasteiger partial charge in [0, 0.05) is 22.0 Å². The first-order valence-electron chi connectivity index (χ1n) is 6.11. The minimum atomic E-state index is -0.902. The van der Waals surface area contributed by atoms with Gasteiger partial charge in [-0.05, 0) is 50.1 Å². The molecule has 0 saturated carbocycles. The molecule has 2 N–H and O–H groups in total. The van der Waals surface area contributed by atoms with Gasteiger partial charge in [0.15, 0.2) is 0 Å². The second-order valence-corrected chi connectivity index (χ2v) is 6.00. The molecule has 2 aromatic rings. The van der Waals surface area contributed by atoms with Crippen LogP contribution >= 0.6 is 11.3 Å². The van der Waals surface area contributed by atoms with Crippen LogP contribution in [-0.2, 0) is 6.54 Å². The van der Waals surface area contributed by atoms with E-state index >= 15 is 0 Å². The standard InChI is InChI=1S/C15H17NO2S/c1-9-4-5-13(15(17)18)14(6-9)16-8-12-7-10(2)11(3)19-12/h4-7,16H,8H2,1-3H3,(H,17,18). The van der Waals surface area contributed by atoms with Crippen LogP contribution in [0.25, 0.3) is 0 Å². The summed E-state index contributed by atoms with van der Waals surface area (Å²) in [5, 5.41) is 12.4. The molecule has 0 amide bonds. The van der Waals surface area contributed by atoms with E-state index in [4.69, 9.17) is 5.11 Å². The number of carbonyl (C=O) groups is 1. The molecule has 3 nitrogen and oxygen atoms in total. The first kappa shape index (κ1) is 13.6. The van der Waals surface area contributed by atoms with Gasteiger partial charge < -0.3 is 10.4 Å². The number of anilines is 1. The molecule has 0 unspecified atom stereocenters. The summed E-state index contributed by atoms with van der Waals surface area (Å²) in [6, 6.07) is 7.47. The molecule has 0 bridgehead atoms. The average molecular weight is 275 g/mol. The number of nitrogens with one attached hydrogen (secondary N) is 1. The average Bonchev–Trinajstić information content (AvgIpc) is 2.66. The van der Waals surface area contributed by atoms with Crippen molar-refractivity contribution in [3.05, 3.63) is 50.7 Å². The van der Waals surface area contributed by atoms with Crippen LogP contribution in [0.2, 0.25) is 0 Å². The van der Waals surface area contributed by atoms with Gasteiger partial charge in [-0.25, -0.2) is 4.79 Å². The Morgan fingerprint density at radius 3 is 2.58 bits per heavy atom. The van der Waals surface area contributed by atoms with Crippen molar-refractivity contribution in [1.29, 1.82) is 0 Å². The van der Waals surface area contributed by atoms with Crippen LogP contribution in [0.5, 0.6) is 0 Å². The van der Waals surface area contributed by atoms with Crippen LogP contribution in [0.1, 0.15) is 31.2 Å². The normalized spacial score (nSPS) is 10.5. The van der Waals surface area contributed by atoms with Crippen LogP contribution in [0, 0.1) is 20.8 Å². The fourth-order valence-corrected chi connectivity index (χ4v) is 2.90. The third-order valence-corrected chi connectivity index (χ3v) is 4.23. The Morgan fingerprint density at radius 1 is 1.26 bits per heavy atom. The lowest BCUT2D eigenvalue weighted by atomic mass is 10.1. The number of rotatable bonds is 4. The highest BCUT2D eigenvalue weighted by Crippen LogP contribution is 2.23. The first-order chi connectivity index (χ1) is 8.97. The number of aryl methyl sites for hydroxylation is 3. The Balaban J connectivity index is 2.19. The molecule has 0 aliphatic carbocycles. The van der Waals surface area contributed by atoms with Crippen LogP contribution in [-0.4, -0.2) is 11.1 Å². The van der Waals surface area contributed by atoms with Gasteiger partial charge in [-0.2, -0.15) is 0 Å². The number of hydrogen-bond acceptors (Lipinski definition) is 3. The summed E-state index contributed by atoms with van der Waals surface area (Å²) in [6.45, 7) is 6.79. The minimum absolute atomic E-state index is 0.315. The molecule has 19 heavy (non-hydrogen) atoms. The number of carboxylic acid groups (broad SMARTS) is 1. The van der Waals surface area contributed by atoms with Crippen molar-refractivity contribution in [3.8, 4) is 0 Å². The number of thiophene rings is 1. The van der Waals surface area contributed by atoms with Crippen molar-refractivity contribution in [2.45, 2.75) is 27.3 Å². The van der Waals surface area contributed by atoms with Gasteiger partial charge in [0.25, 0.3) is 0 Å². The molecular weight excluding hydrogens is 258 g/mol. The van der Waals surface area contributed by atoms with E-state index in [1.54, 1.807) is 17.4 Å². The smallest absolute Gasteiger partial charge is 0.337 e. The van der Waals surface area contributed by atoms with Crippen molar-refractivity contribution in [2.75, 3.05) is 5.32 Å². The summed E-state index contributed by atoms with van der Waals surface area (Å²) in [5.41, 5.74) is 3.32. The zero-order chi connectivity index (χ0) is 14.0. The molecule has 2 rings (SSSR count). The second-order valence-electron chi connectivity index (χ2n) is 4.66. The van der Waals surface area contributed by atoms with Gasteiger partial charge in [-0.1, -0.05) is 6.07 Å². The maximum absolute atomic E-state index is 11.2. The summed E-state index contributed by atoms with van der Waals surface area (Å²) in [7, 11) is 0. The lowest BCUT2D eigenvalue weighted by Crippen LogP contribution is -2.06. The maximum Gasteiger partial charge on any atom is 0.337 e. The highest BCUT2D eigenvalue weighted by atomic mass is 32.1. The van der Waals surface area contributed by atoms with Crippen molar-refractivity contribution in [2.24, 2.45) is 0 Å². The number of hydrogen-bond donors (Lipinski definition) is 2. The Kier molecular flexibility index (Phi) is 3.90. The summed E-state index contributed by atoms with van der Waals surface area (Å²) in [4.78, 5) is 13.7. The van der Waals surface area contributed by atoms with E-state index in [0.29, 0.717) is 17.8 Å². The SMILES string of the molecule is Cc1ccc(C(=O)O)c(NCc2cc(C)c(C)s2)c1. The summed E-state index contributed by atoms with van der Waals surface area (Å²) in [5.74, 6) is -0.902. The van der Waals surface area contributed by atoms with E-state index in [9.17, 15) is 4.79 Å². The van der Waals surface area contributed by atoms with E-state index in [-0.39, 0.29) is 0 Å². The van der Waals surface area contributed by atoms with Crippen LogP contribution in [0.15, 0.2) is 24.3 Å². The quantitative estimate of drug-likeness (QED) is 0.887. The fraction of sp³-hybridized carbons (Fsp3) is 0.267. The molecule has 1 aromatic carbocycles. The number of carboxylic acids is 1. The molecule has 0 fully saturated rings. The topological polar surface area (TPSA) is 49.3 Å². The monoisotopic (exact) mass is 275 g/mol. The van der Waals surface area contributed by atoms with Crippen molar-refractivity contribution in [3.63, 3.8) is 0 Å². The molecule has 4 heteroatoms. The summed E-state index contributed by atoms with van der Waals surface area (Å²) < 4.78 is 0. The van der Waals surface area contributed by atoms with Crippen molar-refractivity contribution in [1.82, 2.24) is 0 Å². The molecule has 0 saturated heterocycles. The highest BCUT2D eigenvalue weighted by Gasteiger charge is 2.10. The zero-order valence-corrected chi connectivity index (χ0v) is 12.1. The molecular formula is C15H17NO2S. The van der Waals surface area contributed by atoms with Gasteiger partial charge in [-0.15, -0.1) is 11.3 Å². The van der Waals surface area contributed by atoms with Crippen molar-refractivity contribution < 1.29 is 9.90 Å². The molecule has 100 valence electrons. The van der Waals surface area contributed by atoms with E-state index in [1.165, 1.54) is 15.3 Å². The predicted molar refractivity (Wildman–Crippen MR) is 79.3 cm³/mol. The summed E-state index contributed by atoms with van der Waals surface area (Å²) in [6.07, 6.45) is 0. The minimum Gasteiger partial charge on any atom is -0.478 e. The van der Waals surface area contributed by atoms with Gasteiger partial charge in [0.05, 0.1) is 5.56 Å². The molecule has 1 aromatic heterocycles. The largest absolute Gasteiger partial charge is 0.478 e. The number of benzene rings is 1. The number of aromatic carboxylic acids is 1. The van der Waals surface area contributed by atoms with E-state index in [1.807, 2.05) is 19.1 Å². The third kappa shape index (κ3) is 3.15. The van der Waals surface area contributed by atoms with Gasteiger partial charge >= 0.3 is 5.97 Å². The van der Waals surface area contributed by atoms with Crippen LogP contribution in [0.4, 0.5) is 5.69 Å². The molecule has 0 atom stereocenters. The van der Waals surface area contributed by atoms with Gasteiger partial charge in [0.1, 0.15) is 0 Å². The fourth-order valence-electron chi connectivity index (χ4n) is 1.91. The third-order valence-electron chi connectivity index (χ3n) is 3.08. The molecule has 0 spiro atoms. The highest BCUT2D eigenvalue weighted by molar-refractivity contribution is 7.12. The van der Waals surface area contributed by atoms with E-state index < -0.39 is 5.97 Å². The Morgan fingerprint density at radius 2 is 2.00 bits per heavy atom. The Hall–Kier alpha value is -1.81. The van der Waals surface area contributed by atoms with Crippen LogP contribution in [0.3, 0.4) is 0 Å². The molecule has 0 radical (unpaired) electrons.